The molecule has 0 bridgehead atoms. The average Bonchev–Trinajstić information content (AvgIpc) is 3.09. The van der Waals surface area contributed by atoms with Gasteiger partial charge in [-0.25, -0.2) is 4.98 Å². The Morgan fingerprint density at radius 2 is 2.05 bits per heavy atom. The van der Waals surface area contributed by atoms with Crippen molar-refractivity contribution in [2.75, 3.05) is 5.32 Å². The highest BCUT2D eigenvalue weighted by molar-refractivity contribution is 7.14. The van der Waals surface area contributed by atoms with Crippen molar-refractivity contribution in [1.82, 2.24) is 9.55 Å². The first kappa shape index (κ1) is 13.9. The predicted molar refractivity (Wildman–Crippen MR) is 85.9 cm³/mol. The summed E-state index contributed by atoms with van der Waals surface area (Å²) in [7, 11) is 1.83. The number of carbonyl (C=O) groups excluding carboxylic acids is 1. The Morgan fingerprint density at radius 3 is 2.71 bits per heavy atom. The summed E-state index contributed by atoms with van der Waals surface area (Å²) in [5.74, 6) is -0.167. The topological polar surface area (TPSA) is 46.9 Å². The van der Waals surface area contributed by atoms with Crippen LogP contribution in [-0.4, -0.2) is 15.5 Å². The number of aromatic nitrogens is 2. The van der Waals surface area contributed by atoms with Gasteiger partial charge in [0, 0.05) is 29.2 Å². The van der Waals surface area contributed by atoms with Gasteiger partial charge in [-0.15, -0.1) is 11.3 Å². The van der Waals surface area contributed by atoms with E-state index in [1.807, 2.05) is 49.0 Å². The van der Waals surface area contributed by atoms with Crippen molar-refractivity contribution >= 4 is 34.0 Å². The molecule has 0 saturated heterocycles. The molecule has 0 radical (unpaired) electrons. The predicted octanol–water partition coefficient (Wildman–Crippen LogP) is 4.05. The fourth-order valence-corrected chi connectivity index (χ4v) is 2.78. The number of benzene rings is 1. The van der Waals surface area contributed by atoms with Gasteiger partial charge in [0.15, 0.2) is 5.13 Å². The average molecular weight is 318 g/mol. The molecule has 3 aromatic rings. The van der Waals surface area contributed by atoms with Crippen LogP contribution in [0.25, 0.3) is 11.3 Å². The van der Waals surface area contributed by atoms with E-state index < -0.39 is 0 Å². The molecule has 0 atom stereocenters. The fraction of sp³-hybridized carbons (Fsp3) is 0.0667. The van der Waals surface area contributed by atoms with Crippen LogP contribution in [0.15, 0.2) is 48.0 Å². The first-order valence-electron chi connectivity index (χ1n) is 6.27. The third kappa shape index (κ3) is 2.99. The van der Waals surface area contributed by atoms with Crippen molar-refractivity contribution in [3.8, 4) is 11.3 Å². The number of halogens is 1. The summed E-state index contributed by atoms with van der Waals surface area (Å²) < 4.78 is 1.77. The Balaban J connectivity index is 1.78. The van der Waals surface area contributed by atoms with Crippen molar-refractivity contribution in [3.63, 3.8) is 0 Å². The second-order valence-electron chi connectivity index (χ2n) is 4.50. The first-order valence-corrected chi connectivity index (χ1v) is 7.53. The van der Waals surface area contributed by atoms with Gasteiger partial charge in [-0.3, -0.25) is 10.1 Å². The van der Waals surface area contributed by atoms with E-state index >= 15 is 0 Å². The number of hydrogen-bond acceptors (Lipinski definition) is 3. The van der Waals surface area contributed by atoms with Gasteiger partial charge in [-0.1, -0.05) is 23.7 Å². The minimum atomic E-state index is -0.167. The second-order valence-corrected chi connectivity index (χ2v) is 5.80. The summed E-state index contributed by atoms with van der Waals surface area (Å²) in [6.07, 6.45) is 1.83. The Morgan fingerprint density at radius 1 is 1.29 bits per heavy atom. The summed E-state index contributed by atoms with van der Waals surface area (Å²) in [5, 5.41) is 5.98. The lowest BCUT2D eigenvalue weighted by Gasteiger charge is -2.02. The van der Waals surface area contributed by atoms with E-state index in [9.17, 15) is 4.79 Å². The van der Waals surface area contributed by atoms with Crippen molar-refractivity contribution in [3.05, 3.63) is 58.7 Å². The molecule has 1 N–H and O–H groups in total. The van der Waals surface area contributed by atoms with Crippen LogP contribution in [0, 0.1) is 0 Å². The smallest absolute Gasteiger partial charge is 0.274 e. The molecule has 0 aliphatic rings. The lowest BCUT2D eigenvalue weighted by Crippen LogP contribution is -2.15. The molecule has 106 valence electrons. The van der Waals surface area contributed by atoms with Crippen LogP contribution in [0.4, 0.5) is 5.13 Å². The number of aryl methyl sites for hydroxylation is 1. The second kappa shape index (κ2) is 5.71. The largest absolute Gasteiger partial charge is 0.347 e. The van der Waals surface area contributed by atoms with Gasteiger partial charge in [0.05, 0.1) is 5.69 Å². The zero-order valence-electron chi connectivity index (χ0n) is 11.2. The van der Waals surface area contributed by atoms with Crippen LogP contribution in [0.5, 0.6) is 0 Å². The maximum absolute atomic E-state index is 12.1. The number of thiazole rings is 1. The van der Waals surface area contributed by atoms with Crippen molar-refractivity contribution in [2.24, 2.45) is 7.05 Å². The Bertz CT molecular complexity index is 776. The van der Waals surface area contributed by atoms with E-state index in [0.29, 0.717) is 15.8 Å². The molecule has 1 amide bonds. The highest BCUT2D eigenvalue weighted by Gasteiger charge is 2.12. The van der Waals surface area contributed by atoms with Crippen molar-refractivity contribution in [1.29, 1.82) is 0 Å². The van der Waals surface area contributed by atoms with Gasteiger partial charge in [0.1, 0.15) is 5.69 Å². The number of carbonyl (C=O) groups is 1. The van der Waals surface area contributed by atoms with Gasteiger partial charge < -0.3 is 4.57 Å². The minimum absolute atomic E-state index is 0.167. The zero-order valence-corrected chi connectivity index (χ0v) is 12.8. The molecule has 1 aromatic carbocycles. The van der Waals surface area contributed by atoms with E-state index in [1.54, 1.807) is 10.6 Å². The van der Waals surface area contributed by atoms with E-state index in [1.165, 1.54) is 11.3 Å². The summed E-state index contributed by atoms with van der Waals surface area (Å²) >= 11 is 7.26. The van der Waals surface area contributed by atoms with Crippen LogP contribution in [0.1, 0.15) is 10.5 Å². The van der Waals surface area contributed by atoms with E-state index in [-0.39, 0.29) is 5.91 Å². The molecule has 4 nitrogen and oxygen atoms in total. The number of rotatable bonds is 3. The summed E-state index contributed by atoms with van der Waals surface area (Å²) in [5.41, 5.74) is 2.38. The monoisotopic (exact) mass is 317 g/mol. The van der Waals surface area contributed by atoms with Gasteiger partial charge in [-0.2, -0.15) is 0 Å². The number of anilines is 1. The van der Waals surface area contributed by atoms with Gasteiger partial charge >= 0.3 is 0 Å². The molecule has 3 rings (SSSR count). The lowest BCUT2D eigenvalue weighted by atomic mass is 10.2. The molecule has 2 aromatic heterocycles. The summed E-state index contributed by atoms with van der Waals surface area (Å²) in [4.78, 5) is 16.5. The quantitative estimate of drug-likeness (QED) is 0.792. The summed E-state index contributed by atoms with van der Waals surface area (Å²) in [6.45, 7) is 0. The SMILES string of the molecule is Cn1cccc1C(=O)Nc1nc(-c2ccc(Cl)cc2)cs1. The molecule has 0 aliphatic heterocycles. The highest BCUT2D eigenvalue weighted by Crippen LogP contribution is 2.26. The Labute approximate surface area is 131 Å². The third-order valence-electron chi connectivity index (χ3n) is 3.04. The Hall–Kier alpha value is -2.11. The third-order valence-corrected chi connectivity index (χ3v) is 4.05. The Kier molecular flexibility index (Phi) is 3.77. The fourth-order valence-electron chi connectivity index (χ4n) is 1.94. The molecule has 6 heteroatoms. The van der Waals surface area contributed by atoms with Gasteiger partial charge in [-0.05, 0) is 24.3 Å². The van der Waals surface area contributed by atoms with Crippen LogP contribution < -0.4 is 5.32 Å². The van der Waals surface area contributed by atoms with Crippen LogP contribution in [0.2, 0.25) is 5.02 Å². The molecular formula is C15H12ClN3OS. The maximum Gasteiger partial charge on any atom is 0.274 e. The standard InChI is InChI=1S/C15H12ClN3OS/c1-19-8-2-3-13(19)14(20)18-15-17-12(9-21-15)10-4-6-11(16)7-5-10/h2-9H,1H3,(H,17,18,20). The van der Waals surface area contributed by atoms with Gasteiger partial charge in [0.2, 0.25) is 0 Å². The van der Waals surface area contributed by atoms with E-state index in [0.717, 1.165) is 11.3 Å². The summed E-state index contributed by atoms with van der Waals surface area (Å²) in [6, 6.07) is 11.0. The number of hydrogen-bond donors (Lipinski definition) is 1. The normalized spacial score (nSPS) is 10.6. The van der Waals surface area contributed by atoms with Crippen LogP contribution in [-0.2, 0) is 7.05 Å². The number of nitrogens with zero attached hydrogens (tertiary/aromatic N) is 2. The molecule has 0 unspecified atom stereocenters. The van der Waals surface area contributed by atoms with Crippen LogP contribution in [0.3, 0.4) is 0 Å². The molecule has 21 heavy (non-hydrogen) atoms. The number of nitrogens with one attached hydrogen (secondary N) is 1. The molecule has 2 heterocycles. The van der Waals surface area contributed by atoms with Crippen LogP contribution >= 0.6 is 22.9 Å². The van der Waals surface area contributed by atoms with Gasteiger partial charge in [0.25, 0.3) is 5.91 Å². The van der Waals surface area contributed by atoms with Crippen molar-refractivity contribution in [2.45, 2.75) is 0 Å². The van der Waals surface area contributed by atoms with Crippen molar-refractivity contribution < 1.29 is 4.79 Å². The highest BCUT2D eigenvalue weighted by atomic mass is 35.5. The molecule has 0 saturated carbocycles. The first-order chi connectivity index (χ1) is 10.1. The maximum atomic E-state index is 12.1. The van der Waals surface area contributed by atoms with E-state index in [2.05, 4.69) is 10.3 Å². The molecule has 0 fully saturated rings. The zero-order chi connectivity index (χ0) is 14.8. The molecular weight excluding hydrogens is 306 g/mol. The van der Waals surface area contributed by atoms with E-state index in [4.69, 9.17) is 11.6 Å². The minimum Gasteiger partial charge on any atom is -0.347 e. The molecule has 0 spiro atoms. The lowest BCUT2D eigenvalue weighted by molar-refractivity contribution is 0.101. The molecule has 0 aliphatic carbocycles. The number of amides is 1.